The molecular formula is C13H10N4OS. The SMILES string of the molecule is CSc1c(C#N)c(C(C#N)C#N)nc(C)c1C(C)=O. The van der Waals surface area contributed by atoms with Gasteiger partial charge in [0, 0.05) is 10.6 Å². The zero-order valence-corrected chi connectivity index (χ0v) is 11.5. The highest BCUT2D eigenvalue weighted by Gasteiger charge is 2.24. The molecule has 5 nitrogen and oxygen atoms in total. The van der Waals surface area contributed by atoms with Crippen molar-refractivity contribution in [3.8, 4) is 18.2 Å². The van der Waals surface area contributed by atoms with E-state index >= 15 is 0 Å². The Labute approximate surface area is 115 Å². The minimum absolute atomic E-state index is 0.124. The molecule has 0 atom stereocenters. The van der Waals surface area contributed by atoms with Gasteiger partial charge in [0.25, 0.3) is 0 Å². The quantitative estimate of drug-likeness (QED) is 0.617. The van der Waals surface area contributed by atoms with Crippen LogP contribution in [0.4, 0.5) is 0 Å². The zero-order valence-electron chi connectivity index (χ0n) is 10.7. The number of aryl methyl sites for hydroxylation is 1. The Bertz CT molecular complexity index is 647. The van der Waals surface area contributed by atoms with Crippen molar-refractivity contribution in [2.24, 2.45) is 0 Å². The highest BCUT2D eigenvalue weighted by Crippen LogP contribution is 2.31. The number of hydrogen-bond acceptors (Lipinski definition) is 6. The third-order valence-electron chi connectivity index (χ3n) is 2.56. The van der Waals surface area contributed by atoms with Crippen LogP contribution < -0.4 is 0 Å². The van der Waals surface area contributed by atoms with Crippen LogP contribution >= 0.6 is 11.8 Å². The van der Waals surface area contributed by atoms with Crippen molar-refractivity contribution in [1.29, 1.82) is 15.8 Å². The number of ketones is 1. The molecule has 0 radical (unpaired) electrons. The van der Waals surface area contributed by atoms with Crippen molar-refractivity contribution in [3.05, 3.63) is 22.5 Å². The van der Waals surface area contributed by atoms with Crippen LogP contribution in [0.5, 0.6) is 0 Å². The van der Waals surface area contributed by atoms with Crippen LogP contribution in [0.2, 0.25) is 0 Å². The highest BCUT2D eigenvalue weighted by atomic mass is 32.2. The van der Waals surface area contributed by atoms with Crippen molar-refractivity contribution in [2.45, 2.75) is 24.7 Å². The van der Waals surface area contributed by atoms with E-state index in [-0.39, 0.29) is 17.0 Å². The molecular weight excluding hydrogens is 260 g/mol. The fourth-order valence-electron chi connectivity index (χ4n) is 1.78. The van der Waals surface area contributed by atoms with E-state index in [0.29, 0.717) is 16.2 Å². The Morgan fingerprint density at radius 1 is 1.32 bits per heavy atom. The van der Waals surface area contributed by atoms with Crippen molar-refractivity contribution in [2.75, 3.05) is 6.26 Å². The van der Waals surface area contributed by atoms with E-state index in [1.165, 1.54) is 18.7 Å². The van der Waals surface area contributed by atoms with Gasteiger partial charge >= 0.3 is 0 Å². The van der Waals surface area contributed by atoms with Gasteiger partial charge in [0.15, 0.2) is 11.7 Å². The Morgan fingerprint density at radius 3 is 2.26 bits per heavy atom. The molecule has 0 saturated carbocycles. The summed E-state index contributed by atoms with van der Waals surface area (Å²) in [5.74, 6) is -1.30. The summed E-state index contributed by atoms with van der Waals surface area (Å²) in [6.07, 6.45) is 1.74. The average molecular weight is 270 g/mol. The molecule has 0 N–H and O–H groups in total. The molecule has 0 bridgehead atoms. The molecule has 0 aliphatic carbocycles. The fourth-order valence-corrected chi connectivity index (χ4v) is 2.63. The molecule has 6 heteroatoms. The first-order valence-corrected chi connectivity index (χ1v) is 6.53. The van der Waals surface area contributed by atoms with Crippen molar-refractivity contribution >= 4 is 17.5 Å². The minimum Gasteiger partial charge on any atom is -0.294 e. The summed E-state index contributed by atoms with van der Waals surface area (Å²) in [6.45, 7) is 3.03. The van der Waals surface area contributed by atoms with Crippen LogP contribution in [0.3, 0.4) is 0 Å². The maximum atomic E-state index is 11.6. The number of thioether (sulfide) groups is 1. The minimum atomic E-state index is -1.11. The molecule has 19 heavy (non-hydrogen) atoms. The van der Waals surface area contributed by atoms with Gasteiger partial charge in [-0.1, -0.05) is 0 Å². The lowest BCUT2D eigenvalue weighted by Crippen LogP contribution is -2.10. The smallest absolute Gasteiger partial charge is 0.176 e. The average Bonchev–Trinajstić information content (AvgIpc) is 2.38. The predicted octanol–water partition coefficient (Wildman–Crippen LogP) is 2.32. The maximum absolute atomic E-state index is 11.6. The number of aromatic nitrogens is 1. The molecule has 1 aromatic heterocycles. The molecule has 1 heterocycles. The summed E-state index contributed by atoms with van der Waals surface area (Å²) in [7, 11) is 0. The van der Waals surface area contributed by atoms with Crippen molar-refractivity contribution in [1.82, 2.24) is 4.98 Å². The summed E-state index contributed by atoms with van der Waals surface area (Å²) in [6, 6.07) is 5.55. The van der Waals surface area contributed by atoms with Crippen LogP contribution in [0, 0.1) is 40.9 Å². The number of pyridine rings is 1. The summed E-state index contributed by atoms with van der Waals surface area (Å²) in [5.41, 5.74) is 1.07. The largest absolute Gasteiger partial charge is 0.294 e. The molecule has 1 rings (SSSR count). The Morgan fingerprint density at radius 2 is 1.89 bits per heavy atom. The lowest BCUT2D eigenvalue weighted by atomic mass is 9.99. The van der Waals surface area contributed by atoms with Gasteiger partial charge in [-0.3, -0.25) is 9.78 Å². The predicted molar refractivity (Wildman–Crippen MR) is 69.4 cm³/mol. The van der Waals surface area contributed by atoms with Crippen molar-refractivity contribution < 1.29 is 4.79 Å². The fraction of sp³-hybridized carbons (Fsp3) is 0.308. The molecule has 0 fully saturated rings. The van der Waals surface area contributed by atoms with Gasteiger partial charge in [0.05, 0.1) is 29.0 Å². The second-order valence-corrected chi connectivity index (χ2v) is 4.54. The van der Waals surface area contributed by atoms with Gasteiger partial charge in [-0.25, -0.2) is 0 Å². The van der Waals surface area contributed by atoms with E-state index in [9.17, 15) is 10.1 Å². The zero-order chi connectivity index (χ0) is 14.6. The van der Waals surface area contributed by atoms with Gasteiger partial charge in [0.1, 0.15) is 6.07 Å². The van der Waals surface area contributed by atoms with Crippen LogP contribution in [0.25, 0.3) is 0 Å². The summed E-state index contributed by atoms with van der Waals surface area (Å²) < 4.78 is 0. The summed E-state index contributed by atoms with van der Waals surface area (Å²) in [4.78, 5) is 16.2. The molecule has 0 aliphatic rings. The first kappa shape index (κ1) is 14.7. The van der Waals surface area contributed by atoms with Gasteiger partial charge in [-0.2, -0.15) is 15.8 Å². The van der Waals surface area contributed by atoms with Crippen molar-refractivity contribution in [3.63, 3.8) is 0 Å². The summed E-state index contributed by atoms with van der Waals surface area (Å²) in [5, 5.41) is 27.1. The third kappa shape index (κ3) is 2.57. The maximum Gasteiger partial charge on any atom is 0.176 e. The number of carbonyl (C=O) groups is 1. The standard InChI is InChI=1S/C13H10N4OS/c1-7-11(8(2)18)13(19-3)10(6-16)12(17-7)9(4-14)5-15/h9H,1-3H3. The second-order valence-electron chi connectivity index (χ2n) is 3.72. The normalized spacial score (nSPS) is 9.53. The Hall–Kier alpha value is -2.36. The number of carbonyl (C=O) groups excluding carboxylic acids is 1. The number of nitrogens with zero attached hydrogens (tertiary/aromatic N) is 4. The van der Waals surface area contributed by atoms with Crippen LogP contribution in [-0.4, -0.2) is 17.0 Å². The van der Waals surface area contributed by atoms with Gasteiger partial charge in [-0.15, -0.1) is 11.8 Å². The first-order valence-electron chi connectivity index (χ1n) is 5.30. The lowest BCUT2D eigenvalue weighted by molar-refractivity contribution is 0.101. The number of nitriles is 3. The van der Waals surface area contributed by atoms with Crippen LogP contribution in [-0.2, 0) is 0 Å². The first-order chi connectivity index (χ1) is 9.01. The molecule has 0 saturated heterocycles. The number of Topliss-reactive ketones (excluding diaryl/α,β-unsaturated/α-hetero) is 1. The molecule has 0 unspecified atom stereocenters. The van der Waals surface area contributed by atoms with E-state index in [2.05, 4.69) is 4.98 Å². The third-order valence-corrected chi connectivity index (χ3v) is 3.38. The molecule has 1 aromatic rings. The van der Waals surface area contributed by atoms with Crippen LogP contribution in [0.15, 0.2) is 4.90 Å². The van der Waals surface area contributed by atoms with E-state index in [4.69, 9.17) is 10.5 Å². The van der Waals surface area contributed by atoms with E-state index < -0.39 is 5.92 Å². The molecule has 0 amide bonds. The molecule has 94 valence electrons. The lowest BCUT2D eigenvalue weighted by Gasteiger charge is -2.13. The second kappa shape index (κ2) is 6.00. The summed E-state index contributed by atoms with van der Waals surface area (Å²) >= 11 is 1.24. The van der Waals surface area contributed by atoms with Gasteiger partial charge in [-0.05, 0) is 20.1 Å². The topological polar surface area (TPSA) is 101 Å². The highest BCUT2D eigenvalue weighted by molar-refractivity contribution is 7.98. The van der Waals surface area contributed by atoms with Gasteiger partial charge < -0.3 is 0 Å². The Kier molecular flexibility index (Phi) is 4.64. The van der Waals surface area contributed by atoms with Gasteiger partial charge in [0.2, 0.25) is 0 Å². The number of hydrogen-bond donors (Lipinski definition) is 0. The monoisotopic (exact) mass is 270 g/mol. The number of rotatable bonds is 3. The van der Waals surface area contributed by atoms with E-state index in [1.807, 2.05) is 6.07 Å². The van der Waals surface area contributed by atoms with Crippen LogP contribution in [0.1, 0.15) is 40.2 Å². The molecule has 0 aliphatic heterocycles. The Balaban J connectivity index is 3.79. The van der Waals surface area contributed by atoms with E-state index in [1.54, 1.807) is 25.3 Å². The van der Waals surface area contributed by atoms with E-state index in [0.717, 1.165) is 0 Å². The molecule has 0 spiro atoms. The molecule has 0 aromatic carbocycles.